The second-order valence-electron chi connectivity index (χ2n) is 5.67. The van der Waals surface area contributed by atoms with Crippen LogP contribution >= 0.6 is 0 Å². The summed E-state index contributed by atoms with van der Waals surface area (Å²) < 4.78 is 0. The number of para-hydroxylation sites is 1. The summed E-state index contributed by atoms with van der Waals surface area (Å²) in [5, 5.41) is 22.1. The largest absolute Gasteiger partial charge is 0.480 e. The summed E-state index contributed by atoms with van der Waals surface area (Å²) in [7, 11) is 0. The van der Waals surface area contributed by atoms with Gasteiger partial charge in [0, 0.05) is 25.2 Å². The van der Waals surface area contributed by atoms with Gasteiger partial charge in [0.15, 0.2) is 0 Å². The predicted molar refractivity (Wildman–Crippen MR) is 75.9 cm³/mol. The number of carbonyl (C=O) groups excluding carboxylic acids is 1. The number of carboxylic acids is 1. The van der Waals surface area contributed by atoms with Crippen molar-refractivity contribution in [3.05, 3.63) is 29.8 Å². The SMILES string of the molecule is O=C(O)[C@@H]1CC(O)CN1C(=O)C1CNc2ccccc2C1. The Morgan fingerprint density at radius 3 is 2.81 bits per heavy atom. The average Bonchev–Trinajstić information content (AvgIpc) is 2.88. The van der Waals surface area contributed by atoms with Crippen molar-refractivity contribution in [2.45, 2.75) is 25.0 Å². The minimum absolute atomic E-state index is 0.105. The fraction of sp³-hybridized carbons (Fsp3) is 0.467. The van der Waals surface area contributed by atoms with Crippen LogP contribution in [0.3, 0.4) is 0 Å². The molecule has 6 nitrogen and oxygen atoms in total. The molecule has 21 heavy (non-hydrogen) atoms. The minimum Gasteiger partial charge on any atom is -0.480 e. The molecule has 2 aliphatic rings. The lowest BCUT2D eigenvalue weighted by molar-refractivity contribution is -0.149. The van der Waals surface area contributed by atoms with Crippen LogP contribution in [0, 0.1) is 5.92 Å². The van der Waals surface area contributed by atoms with Crippen LogP contribution in [0.4, 0.5) is 5.69 Å². The van der Waals surface area contributed by atoms with Gasteiger partial charge in [0.25, 0.3) is 0 Å². The van der Waals surface area contributed by atoms with Crippen molar-refractivity contribution in [3.63, 3.8) is 0 Å². The summed E-state index contributed by atoms with van der Waals surface area (Å²) in [6.45, 7) is 0.600. The zero-order valence-corrected chi connectivity index (χ0v) is 11.5. The molecule has 1 fully saturated rings. The molecule has 2 heterocycles. The molecular formula is C15H18N2O4. The van der Waals surface area contributed by atoms with E-state index >= 15 is 0 Å². The molecule has 1 aromatic rings. The molecular weight excluding hydrogens is 272 g/mol. The number of carbonyl (C=O) groups is 2. The number of aliphatic carboxylic acids is 1. The van der Waals surface area contributed by atoms with Crippen LogP contribution in [0.25, 0.3) is 0 Å². The summed E-state index contributed by atoms with van der Waals surface area (Å²) in [6.07, 6.45) is -0.0439. The second kappa shape index (κ2) is 5.37. The molecule has 2 aliphatic heterocycles. The van der Waals surface area contributed by atoms with Crippen LogP contribution in [0.5, 0.6) is 0 Å². The zero-order valence-electron chi connectivity index (χ0n) is 11.5. The van der Waals surface area contributed by atoms with Crippen LogP contribution in [-0.2, 0) is 16.0 Å². The number of β-amino-alcohol motifs (C(OH)–C–C–N with tert-alkyl or cyclic N) is 1. The molecule has 3 N–H and O–H groups in total. The number of fused-ring (bicyclic) bond motifs is 1. The minimum atomic E-state index is -1.05. The van der Waals surface area contributed by atoms with E-state index in [4.69, 9.17) is 0 Å². The molecule has 3 atom stereocenters. The van der Waals surface area contributed by atoms with Gasteiger partial charge in [-0.2, -0.15) is 0 Å². The molecule has 112 valence electrons. The lowest BCUT2D eigenvalue weighted by atomic mass is 9.92. The number of amides is 1. The van der Waals surface area contributed by atoms with E-state index in [9.17, 15) is 19.8 Å². The van der Waals surface area contributed by atoms with Crippen LogP contribution in [0.2, 0.25) is 0 Å². The zero-order chi connectivity index (χ0) is 15.0. The van der Waals surface area contributed by atoms with Crippen LogP contribution < -0.4 is 5.32 Å². The molecule has 0 saturated carbocycles. The Hall–Kier alpha value is -2.08. The van der Waals surface area contributed by atoms with Gasteiger partial charge in [-0.25, -0.2) is 4.79 Å². The normalized spacial score (nSPS) is 27.9. The Labute approximate surface area is 122 Å². The van der Waals surface area contributed by atoms with Gasteiger partial charge in [-0.3, -0.25) is 4.79 Å². The fourth-order valence-electron chi connectivity index (χ4n) is 3.14. The lowest BCUT2D eigenvalue weighted by Crippen LogP contribution is -2.46. The molecule has 2 unspecified atom stereocenters. The fourth-order valence-corrected chi connectivity index (χ4v) is 3.14. The van der Waals surface area contributed by atoms with E-state index in [1.54, 1.807) is 0 Å². The van der Waals surface area contributed by atoms with Gasteiger partial charge >= 0.3 is 5.97 Å². The molecule has 1 aromatic carbocycles. The van der Waals surface area contributed by atoms with Gasteiger partial charge in [-0.05, 0) is 18.1 Å². The first kappa shape index (κ1) is 13.9. The number of anilines is 1. The third kappa shape index (κ3) is 2.58. The smallest absolute Gasteiger partial charge is 0.326 e. The Morgan fingerprint density at radius 1 is 1.29 bits per heavy atom. The summed E-state index contributed by atoms with van der Waals surface area (Å²) in [5.74, 6) is -1.53. The first-order valence-electron chi connectivity index (χ1n) is 7.09. The van der Waals surface area contributed by atoms with Crippen molar-refractivity contribution in [2.75, 3.05) is 18.4 Å². The molecule has 3 rings (SSSR count). The quantitative estimate of drug-likeness (QED) is 0.730. The van der Waals surface area contributed by atoms with E-state index in [1.165, 1.54) is 4.90 Å². The summed E-state index contributed by atoms with van der Waals surface area (Å²) in [5.41, 5.74) is 2.09. The summed E-state index contributed by atoms with van der Waals surface area (Å²) in [4.78, 5) is 25.1. The maximum Gasteiger partial charge on any atom is 0.326 e. The number of carboxylic acid groups (broad SMARTS) is 1. The molecule has 0 aromatic heterocycles. The van der Waals surface area contributed by atoms with Crippen molar-refractivity contribution >= 4 is 17.6 Å². The highest BCUT2D eigenvalue weighted by molar-refractivity contribution is 5.87. The molecule has 0 aliphatic carbocycles. The van der Waals surface area contributed by atoms with E-state index in [-0.39, 0.29) is 24.8 Å². The first-order valence-corrected chi connectivity index (χ1v) is 7.09. The maximum atomic E-state index is 12.6. The van der Waals surface area contributed by atoms with Crippen molar-refractivity contribution in [2.24, 2.45) is 5.92 Å². The van der Waals surface area contributed by atoms with E-state index in [0.29, 0.717) is 13.0 Å². The number of nitrogens with one attached hydrogen (secondary N) is 1. The second-order valence-corrected chi connectivity index (χ2v) is 5.67. The number of benzene rings is 1. The van der Waals surface area contributed by atoms with E-state index < -0.39 is 18.1 Å². The molecule has 1 saturated heterocycles. The highest BCUT2D eigenvalue weighted by Gasteiger charge is 2.41. The lowest BCUT2D eigenvalue weighted by Gasteiger charge is -2.30. The van der Waals surface area contributed by atoms with Crippen LogP contribution in [-0.4, -0.2) is 52.2 Å². The van der Waals surface area contributed by atoms with Crippen LogP contribution in [0.1, 0.15) is 12.0 Å². The van der Waals surface area contributed by atoms with Gasteiger partial charge in [0.1, 0.15) is 6.04 Å². The van der Waals surface area contributed by atoms with Crippen molar-refractivity contribution in [1.82, 2.24) is 4.90 Å². The highest BCUT2D eigenvalue weighted by Crippen LogP contribution is 2.28. The van der Waals surface area contributed by atoms with Crippen LogP contribution in [0.15, 0.2) is 24.3 Å². The number of likely N-dealkylation sites (tertiary alicyclic amines) is 1. The predicted octanol–water partition coefficient (Wildman–Crippen LogP) is 0.317. The average molecular weight is 290 g/mol. The number of hydrogen-bond acceptors (Lipinski definition) is 4. The van der Waals surface area contributed by atoms with Gasteiger partial charge < -0.3 is 20.4 Å². The van der Waals surface area contributed by atoms with Gasteiger partial charge in [0.2, 0.25) is 5.91 Å². The monoisotopic (exact) mass is 290 g/mol. The molecule has 1 amide bonds. The topological polar surface area (TPSA) is 89.9 Å². The Kier molecular flexibility index (Phi) is 3.55. The van der Waals surface area contributed by atoms with E-state index in [0.717, 1.165) is 11.3 Å². The Morgan fingerprint density at radius 2 is 2.05 bits per heavy atom. The summed E-state index contributed by atoms with van der Waals surface area (Å²) >= 11 is 0. The Bertz CT molecular complexity index is 575. The number of aliphatic hydroxyl groups excluding tert-OH is 1. The van der Waals surface area contributed by atoms with E-state index in [2.05, 4.69) is 5.32 Å². The highest BCUT2D eigenvalue weighted by atomic mass is 16.4. The number of aliphatic hydroxyl groups is 1. The van der Waals surface area contributed by atoms with Crippen molar-refractivity contribution in [3.8, 4) is 0 Å². The third-order valence-corrected chi connectivity index (χ3v) is 4.22. The molecule has 6 heteroatoms. The van der Waals surface area contributed by atoms with Gasteiger partial charge in [-0.1, -0.05) is 18.2 Å². The van der Waals surface area contributed by atoms with Gasteiger partial charge in [-0.15, -0.1) is 0 Å². The maximum absolute atomic E-state index is 12.6. The standard InChI is InChI=1S/C15H18N2O4/c18-11-6-13(15(20)21)17(8-11)14(19)10-5-9-3-1-2-4-12(9)16-7-10/h1-4,10-11,13,16,18H,5-8H2,(H,20,21)/t10?,11?,13-/m0/s1. The van der Waals surface area contributed by atoms with Crippen molar-refractivity contribution in [1.29, 1.82) is 0 Å². The van der Waals surface area contributed by atoms with Crippen molar-refractivity contribution < 1.29 is 19.8 Å². The number of rotatable bonds is 2. The van der Waals surface area contributed by atoms with Gasteiger partial charge in [0.05, 0.1) is 12.0 Å². The first-order chi connectivity index (χ1) is 10.1. The Balaban J connectivity index is 1.76. The third-order valence-electron chi connectivity index (χ3n) is 4.22. The number of hydrogen-bond donors (Lipinski definition) is 3. The molecule has 0 bridgehead atoms. The molecule has 0 spiro atoms. The molecule has 0 radical (unpaired) electrons. The van der Waals surface area contributed by atoms with E-state index in [1.807, 2.05) is 24.3 Å². The summed E-state index contributed by atoms with van der Waals surface area (Å²) in [6, 6.07) is 6.88. The number of nitrogens with zero attached hydrogens (tertiary/aromatic N) is 1.